The maximum atomic E-state index is 13.4. The molecule has 478 valence electrons. The summed E-state index contributed by atoms with van der Waals surface area (Å²) in [6.07, 6.45) is 26.5. The number of pyridine rings is 1. The molecule has 0 amide bonds. The van der Waals surface area contributed by atoms with Crippen LogP contribution in [0.4, 0.5) is 21.6 Å². The van der Waals surface area contributed by atoms with Gasteiger partial charge in [0.2, 0.25) is 0 Å². The molecule has 0 aliphatic carbocycles. The van der Waals surface area contributed by atoms with Crippen LogP contribution >= 0.6 is 0 Å². The van der Waals surface area contributed by atoms with Gasteiger partial charge in [-0.25, -0.2) is 24.3 Å². The Balaban J connectivity index is 0.000000114. The third-order valence-electron chi connectivity index (χ3n) is 20.4. The second-order valence-corrected chi connectivity index (χ2v) is 26.9. The molecular weight excluding hydrogens is 1190 g/mol. The second-order valence-electron chi connectivity index (χ2n) is 26.9. The molecule has 3 fully saturated rings. The van der Waals surface area contributed by atoms with E-state index in [0.29, 0.717) is 16.5 Å². The number of likely N-dealkylation sites (tertiary alicyclic amines) is 1. The molecule has 1 unspecified atom stereocenters. The van der Waals surface area contributed by atoms with Gasteiger partial charge in [0.25, 0.3) is 0 Å². The van der Waals surface area contributed by atoms with Gasteiger partial charge in [0, 0.05) is 167 Å². The fourth-order valence-electron chi connectivity index (χ4n) is 15.6. The van der Waals surface area contributed by atoms with Crippen molar-refractivity contribution in [2.45, 2.75) is 65.6 Å². The minimum absolute atomic E-state index is 0.213. The highest BCUT2D eigenvalue weighted by molar-refractivity contribution is 5.76. The Labute approximate surface area is 559 Å². The van der Waals surface area contributed by atoms with Crippen molar-refractivity contribution in [3.63, 3.8) is 0 Å². The number of aromatic nitrogens is 10. The standard InChI is InChI=1S/C27H27FN4.C27H25N7.C25H23N5/c1-2-3-19-10-12-30(16-19)24-8-9-25-22(14-24)18-31-17-21(20-4-6-23(28)7-5-20)15-26(31)27-29-11-13-32(25)27;1-31-16-27(17-31)6-8-32(18-27)25-11-22-15-33-14-21(20-4-2-19(12-28)3-5-20)10-23(33)26-29-7-9-34(26)24(22)13-30-25;1-3-11-28(2)22-8-9-23-21(13-22)17-29-16-20(19-6-4-18(15-26)5-7-19)14-24(29)25-27-10-12-30(23)25/h4-9,11,13-15,17,19H,2-3,10,12,16,18H2,1H3;2-5,7,9-11,13-14H,6,8,15-18H2,1H3;4-10,12-14,16H,3,11,17H2,1-2H3. The van der Waals surface area contributed by atoms with Crippen molar-refractivity contribution in [2.75, 3.05) is 74.6 Å². The average molecular weight is 1270 g/mol. The molecule has 18 rings (SSSR count). The zero-order valence-corrected chi connectivity index (χ0v) is 54.7. The van der Waals surface area contributed by atoms with E-state index in [1.54, 1.807) is 0 Å². The van der Waals surface area contributed by atoms with E-state index in [-0.39, 0.29) is 5.82 Å². The summed E-state index contributed by atoms with van der Waals surface area (Å²) in [5.41, 5.74) is 21.4. The van der Waals surface area contributed by atoms with Crippen LogP contribution in [-0.2, 0) is 19.6 Å². The maximum absolute atomic E-state index is 13.4. The minimum Gasteiger partial charge on any atom is -0.375 e. The fraction of sp³-hybridized carbons (Fsp3) is 0.266. The fourth-order valence-corrected chi connectivity index (χ4v) is 15.6. The maximum Gasteiger partial charge on any atom is 0.161 e. The van der Waals surface area contributed by atoms with Crippen molar-refractivity contribution in [3.05, 3.63) is 229 Å². The summed E-state index contributed by atoms with van der Waals surface area (Å²) in [6, 6.07) is 49.0. The number of nitrogens with zero attached hydrogens (tertiary/aromatic N) is 16. The number of hydrogen-bond donors (Lipinski definition) is 0. The van der Waals surface area contributed by atoms with E-state index < -0.39 is 0 Å². The quantitative estimate of drug-likeness (QED) is 0.130. The lowest BCUT2D eigenvalue weighted by Gasteiger charge is -2.46. The molecule has 13 heterocycles. The van der Waals surface area contributed by atoms with Crippen LogP contribution in [-0.4, -0.2) is 112 Å². The predicted molar refractivity (Wildman–Crippen MR) is 377 cm³/mol. The zero-order valence-electron chi connectivity index (χ0n) is 54.7. The molecule has 96 heavy (non-hydrogen) atoms. The van der Waals surface area contributed by atoms with E-state index in [2.05, 4.69) is 176 Å². The van der Waals surface area contributed by atoms with Gasteiger partial charge < -0.3 is 33.3 Å². The molecule has 12 aromatic rings. The normalized spacial score (nSPS) is 15.8. The Hall–Kier alpha value is -11.0. The van der Waals surface area contributed by atoms with Crippen molar-refractivity contribution >= 4 is 17.2 Å². The molecule has 6 aliphatic heterocycles. The van der Waals surface area contributed by atoms with Crippen LogP contribution in [0.3, 0.4) is 0 Å². The first-order chi connectivity index (χ1) is 47.0. The summed E-state index contributed by atoms with van der Waals surface area (Å²) in [4.78, 5) is 28.7. The van der Waals surface area contributed by atoms with Crippen LogP contribution in [0.15, 0.2) is 195 Å². The molecule has 0 saturated carbocycles. The van der Waals surface area contributed by atoms with Gasteiger partial charge in [-0.3, -0.25) is 13.7 Å². The Morgan fingerprint density at radius 2 is 1.05 bits per heavy atom. The van der Waals surface area contributed by atoms with Crippen molar-refractivity contribution in [1.82, 2.24) is 52.2 Å². The third kappa shape index (κ3) is 11.1. The Morgan fingerprint density at radius 3 is 1.57 bits per heavy atom. The molecule has 0 bridgehead atoms. The highest BCUT2D eigenvalue weighted by Crippen LogP contribution is 2.43. The van der Waals surface area contributed by atoms with E-state index in [1.165, 1.54) is 90.3 Å². The molecule has 6 aliphatic rings. The van der Waals surface area contributed by atoms with Crippen LogP contribution in [0, 0.1) is 39.8 Å². The summed E-state index contributed by atoms with van der Waals surface area (Å²) >= 11 is 0. The number of rotatable bonds is 10. The molecule has 1 atom stereocenters. The molecule has 7 aromatic heterocycles. The van der Waals surface area contributed by atoms with Gasteiger partial charge in [-0.15, -0.1) is 0 Å². The summed E-state index contributed by atoms with van der Waals surface area (Å²) in [7, 11) is 4.35. The first-order valence-electron chi connectivity index (χ1n) is 33.6. The highest BCUT2D eigenvalue weighted by Gasteiger charge is 2.46. The molecule has 5 aromatic carbocycles. The van der Waals surface area contributed by atoms with Gasteiger partial charge >= 0.3 is 0 Å². The Kier molecular flexibility index (Phi) is 15.4. The number of nitriles is 2. The van der Waals surface area contributed by atoms with Crippen LogP contribution in [0.2, 0.25) is 0 Å². The molecule has 3 saturated heterocycles. The van der Waals surface area contributed by atoms with Gasteiger partial charge in [-0.2, -0.15) is 10.5 Å². The summed E-state index contributed by atoms with van der Waals surface area (Å²) in [5, 5.41) is 18.2. The molecule has 0 N–H and O–H groups in total. The molecule has 1 spiro atoms. The van der Waals surface area contributed by atoms with Crippen molar-refractivity contribution < 1.29 is 4.39 Å². The van der Waals surface area contributed by atoms with Crippen LogP contribution < -0.4 is 14.7 Å². The summed E-state index contributed by atoms with van der Waals surface area (Å²) < 4.78 is 26.8. The lowest BCUT2D eigenvalue weighted by atomic mass is 9.79. The van der Waals surface area contributed by atoms with Crippen molar-refractivity contribution in [2.24, 2.45) is 11.3 Å². The first-order valence-corrected chi connectivity index (χ1v) is 33.6. The van der Waals surface area contributed by atoms with Crippen LogP contribution in [0.5, 0.6) is 0 Å². The van der Waals surface area contributed by atoms with Crippen LogP contribution in [0.25, 0.3) is 85.0 Å². The van der Waals surface area contributed by atoms with E-state index in [4.69, 9.17) is 20.5 Å². The smallest absolute Gasteiger partial charge is 0.161 e. The summed E-state index contributed by atoms with van der Waals surface area (Å²) in [5.74, 6) is 4.49. The number of halogens is 1. The van der Waals surface area contributed by atoms with Crippen molar-refractivity contribution in [1.29, 1.82) is 10.5 Å². The van der Waals surface area contributed by atoms with Crippen molar-refractivity contribution in [3.8, 4) is 97.1 Å². The largest absolute Gasteiger partial charge is 0.375 e. The number of imidazole rings is 3. The monoisotopic (exact) mass is 1270 g/mol. The molecule has 0 radical (unpaired) electrons. The number of hydrogen-bond acceptors (Lipinski definition) is 10. The second kappa shape index (κ2) is 24.7. The molecule has 16 nitrogen and oxygen atoms in total. The highest BCUT2D eigenvalue weighted by atomic mass is 19.1. The van der Waals surface area contributed by atoms with Gasteiger partial charge in [0.05, 0.1) is 63.6 Å². The number of anilines is 3. The van der Waals surface area contributed by atoms with E-state index in [0.717, 1.165) is 144 Å². The zero-order chi connectivity index (χ0) is 65.2. The van der Waals surface area contributed by atoms with E-state index in [9.17, 15) is 4.39 Å². The minimum atomic E-state index is -0.213. The van der Waals surface area contributed by atoms with Crippen LogP contribution in [0.1, 0.15) is 73.8 Å². The van der Waals surface area contributed by atoms with E-state index >= 15 is 0 Å². The van der Waals surface area contributed by atoms with Gasteiger partial charge in [0.15, 0.2) is 17.5 Å². The van der Waals surface area contributed by atoms with Gasteiger partial charge in [-0.1, -0.05) is 56.7 Å². The Bertz CT molecular complexity index is 4960. The Morgan fingerprint density at radius 1 is 0.542 bits per heavy atom. The first kappa shape index (κ1) is 60.0. The SMILES string of the molecule is CCCC1CCN(c2ccc3c(c2)Cn2cc(-c4ccc(F)cc4)cc2-c2nccn2-3)C1.CCCN(C)c1ccc2c(c1)Cn1cc(-c3ccc(C#N)cc3)cc1-c1nccn1-2.CN1CC2(CCN(c3cc4c(cn3)-n3ccnc3-c3cc(-c5ccc(C#N)cc5)cn3C4)C2)C1. The summed E-state index contributed by atoms with van der Waals surface area (Å²) in [6.45, 7) is 14.7. The van der Waals surface area contributed by atoms with Gasteiger partial charge in [0.1, 0.15) is 11.6 Å². The lowest BCUT2D eigenvalue weighted by Crippen LogP contribution is -2.55. The third-order valence-corrected chi connectivity index (χ3v) is 20.4. The molecular formula is C79H75FN16. The number of fused-ring (bicyclic) bond motifs is 15. The van der Waals surface area contributed by atoms with E-state index in [1.807, 2.05) is 104 Å². The topological polar surface area (TPSA) is 142 Å². The number of benzene rings is 5. The van der Waals surface area contributed by atoms with Gasteiger partial charge in [-0.05, 0) is 164 Å². The average Bonchev–Trinajstić information content (AvgIpc) is 1.65. The lowest BCUT2D eigenvalue weighted by molar-refractivity contribution is 0.0424. The predicted octanol–water partition coefficient (Wildman–Crippen LogP) is 15.0. The molecule has 17 heteroatoms.